The molecule has 8 heteroatoms. The first kappa shape index (κ1) is 22.8. The number of benzene rings is 1. The van der Waals surface area contributed by atoms with Crippen molar-refractivity contribution in [2.75, 3.05) is 25.1 Å². The lowest BCUT2D eigenvalue weighted by Crippen LogP contribution is -2.24. The highest BCUT2D eigenvalue weighted by molar-refractivity contribution is 7.17. The van der Waals surface area contributed by atoms with Gasteiger partial charge in [-0.15, -0.1) is 11.3 Å². The van der Waals surface area contributed by atoms with E-state index in [9.17, 15) is 14.4 Å². The molecule has 7 nitrogen and oxygen atoms in total. The van der Waals surface area contributed by atoms with Gasteiger partial charge in [0, 0.05) is 4.88 Å². The Hall–Kier alpha value is -2.87. The van der Waals surface area contributed by atoms with Crippen LogP contribution in [0, 0.1) is 6.92 Å². The van der Waals surface area contributed by atoms with E-state index >= 15 is 0 Å². The highest BCUT2D eigenvalue weighted by Crippen LogP contribution is 2.44. The number of hydrogen-bond acceptors (Lipinski definition) is 7. The van der Waals surface area contributed by atoms with Crippen molar-refractivity contribution in [1.82, 2.24) is 0 Å². The third-order valence-electron chi connectivity index (χ3n) is 4.96. The van der Waals surface area contributed by atoms with Gasteiger partial charge in [0.25, 0.3) is 5.91 Å². The molecule has 0 saturated carbocycles. The van der Waals surface area contributed by atoms with Crippen LogP contribution in [-0.2, 0) is 25.5 Å². The van der Waals surface area contributed by atoms with Crippen LogP contribution in [0.5, 0.6) is 5.75 Å². The Labute approximate surface area is 185 Å². The first-order chi connectivity index (χ1) is 14.9. The second-order valence-electron chi connectivity index (χ2n) is 7.21. The number of rotatable bonds is 8. The molecule has 1 aliphatic rings. The number of aryl methyl sites for hydroxylation is 2. The van der Waals surface area contributed by atoms with Crippen molar-refractivity contribution in [2.45, 2.75) is 46.0 Å². The van der Waals surface area contributed by atoms with Crippen molar-refractivity contribution in [2.24, 2.45) is 0 Å². The molecule has 1 N–H and O–H groups in total. The third-order valence-corrected chi connectivity index (χ3v) is 6.14. The molecule has 0 fully saturated rings. The number of esters is 2. The van der Waals surface area contributed by atoms with Gasteiger partial charge in [-0.25, -0.2) is 4.79 Å². The van der Waals surface area contributed by atoms with Gasteiger partial charge in [0.1, 0.15) is 10.8 Å². The second kappa shape index (κ2) is 10.4. The Balaban J connectivity index is 1.83. The van der Waals surface area contributed by atoms with Crippen LogP contribution in [0.4, 0.5) is 5.00 Å². The fourth-order valence-corrected chi connectivity index (χ4v) is 4.88. The quantitative estimate of drug-likeness (QED) is 0.612. The summed E-state index contributed by atoms with van der Waals surface area (Å²) in [7, 11) is 0. The molecule has 1 atom stereocenters. The number of amides is 1. The highest BCUT2D eigenvalue weighted by Gasteiger charge is 2.36. The summed E-state index contributed by atoms with van der Waals surface area (Å²) < 4.78 is 16.0. The first-order valence-corrected chi connectivity index (χ1v) is 11.2. The lowest BCUT2D eigenvalue weighted by Gasteiger charge is -2.22. The van der Waals surface area contributed by atoms with Gasteiger partial charge in [-0.1, -0.05) is 17.7 Å². The lowest BCUT2D eigenvalue weighted by molar-refractivity contribution is -0.145. The summed E-state index contributed by atoms with van der Waals surface area (Å²) >= 11 is 1.31. The van der Waals surface area contributed by atoms with E-state index in [0.29, 0.717) is 22.7 Å². The summed E-state index contributed by atoms with van der Waals surface area (Å²) in [6, 6.07) is 7.38. The summed E-state index contributed by atoms with van der Waals surface area (Å²) in [6.45, 7) is 5.69. The number of ether oxygens (including phenoxy) is 3. The molecular formula is C23H27NO6S. The molecule has 0 bridgehead atoms. The minimum absolute atomic E-state index is 0.192. The largest absolute Gasteiger partial charge is 0.484 e. The topological polar surface area (TPSA) is 90.9 Å². The van der Waals surface area contributed by atoms with Crippen molar-refractivity contribution in [3.8, 4) is 5.75 Å². The molecule has 1 aliphatic carbocycles. The molecule has 1 amide bonds. The number of carbonyl (C=O) groups is 3. The zero-order valence-corrected chi connectivity index (χ0v) is 18.8. The van der Waals surface area contributed by atoms with Gasteiger partial charge in [-0.05, 0) is 57.7 Å². The highest BCUT2D eigenvalue weighted by atomic mass is 32.1. The smallest absolute Gasteiger partial charge is 0.341 e. The van der Waals surface area contributed by atoms with E-state index in [-0.39, 0.29) is 31.4 Å². The van der Waals surface area contributed by atoms with Gasteiger partial charge in [0.05, 0.1) is 24.7 Å². The van der Waals surface area contributed by atoms with Crippen LogP contribution in [0.25, 0.3) is 0 Å². The van der Waals surface area contributed by atoms with E-state index in [1.165, 1.54) is 11.3 Å². The van der Waals surface area contributed by atoms with Crippen LogP contribution in [0.1, 0.15) is 59.0 Å². The zero-order chi connectivity index (χ0) is 22.4. The monoisotopic (exact) mass is 445 g/mol. The minimum Gasteiger partial charge on any atom is -0.484 e. The molecule has 1 aromatic carbocycles. The fraction of sp³-hybridized carbons (Fsp3) is 0.435. The standard InChI is InChI=1S/C23H27NO6S/c1-4-28-22(26)16-7-6-8-17-19(16)20(23(27)29-5-2)21(31-17)24-18(25)13-30-15-11-9-14(3)10-12-15/h9-12,16H,4-8,13H2,1-3H3,(H,24,25). The zero-order valence-electron chi connectivity index (χ0n) is 18.0. The van der Waals surface area contributed by atoms with Crippen molar-refractivity contribution in [3.63, 3.8) is 0 Å². The molecule has 31 heavy (non-hydrogen) atoms. The number of anilines is 1. The Morgan fingerprint density at radius 3 is 2.48 bits per heavy atom. The Morgan fingerprint density at radius 1 is 1.10 bits per heavy atom. The molecule has 166 valence electrons. The molecule has 3 rings (SSSR count). The average Bonchev–Trinajstić information content (AvgIpc) is 3.11. The van der Waals surface area contributed by atoms with E-state index in [4.69, 9.17) is 14.2 Å². The summed E-state index contributed by atoms with van der Waals surface area (Å²) in [5, 5.41) is 3.17. The first-order valence-electron chi connectivity index (χ1n) is 10.4. The van der Waals surface area contributed by atoms with E-state index in [1.807, 2.05) is 19.1 Å². The molecule has 1 aromatic heterocycles. The summed E-state index contributed by atoms with van der Waals surface area (Å²) in [6.07, 6.45) is 2.14. The van der Waals surface area contributed by atoms with Crippen LogP contribution in [0.3, 0.4) is 0 Å². The van der Waals surface area contributed by atoms with Gasteiger partial charge >= 0.3 is 11.9 Å². The van der Waals surface area contributed by atoms with Gasteiger partial charge in [-0.2, -0.15) is 0 Å². The Morgan fingerprint density at radius 2 is 1.81 bits per heavy atom. The van der Waals surface area contributed by atoms with Crippen LogP contribution >= 0.6 is 11.3 Å². The maximum absolute atomic E-state index is 12.8. The van der Waals surface area contributed by atoms with Gasteiger partial charge < -0.3 is 19.5 Å². The van der Waals surface area contributed by atoms with Crippen LogP contribution in [0.15, 0.2) is 24.3 Å². The molecule has 0 saturated heterocycles. The number of thiophene rings is 1. The minimum atomic E-state index is -0.550. The van der Waals surface area contributed by atoms with Crippen molar-refractivity contribution >= 4 is 34.2 Å². The van der Waals surface area contributed by atoms with Gasteiger partial charge in [-0.3, -0.25) is 9.59 Å². The molecule has 0 aliphatic heterocycles. The summed E-state index contributed by atoms with van der Waals surface area (Å²) in [4.78, 5) is 38.7. The van der Waals surface area contributed by atoms with Crippen molar-refractivity contribution in [3.05, 3.63) is 45.8 Å². The van der Waals surface area contributed by atoms with Gasteiger partial charge in [0.2, 0.25) is 0 Å². The maximum Gasteiger partial charge on any atom is 0.341 e. The summed E-state index contributed by atoms with van der Waals surface area (Å²) in [5.41, 5.74) is 1.97. The molecular weight excluding hydrogens is 418 g/mol. The molecule has 0 radical (unpaired) electrons. The van der Waals surface area contributed by atoms with Crippen LogP contribution in [-0.4, -0.2) is 37.7 Å². The number of carbonyl (C=O) groups excluding carboxylic acids is 3. The molecule has 1 unspecified atom stereocenters. The average molecular weight is 446 g/mol. The predicted octanol–water partition coefficient (Wildman–Crippen LogP) is 4.23. The number of hydrogen-bond donors (Lipinski definition) is 1. The SMILES string of the molecule is CCOC(=O)c1c(NC(=O)COc2ccc(C)cc2)sc2c1C(C(=O)OCC)CCC2. The van der Waals surface area contributed by atoms with Crippen molar-refractivity contribution in [1.29, 1.82) is 0 Å². The third kappa shape index (κ3) is 5.44. The number of nitrogens with one attached hydrogen (secondary N) is 1. The maximum atomic E-state index is 12.8. The van der Waals surface area contributed by atoms with E-state index in [0.717, 1.165) is 23.3 Å². The lowest BCUT2D eigenvalue weighted by atomic mass is 9.85. The molecule has 1 heterocycles. The fourth-order valence-electron chi connectivity index (χ4n) is 3.57. The van der Waals surface area contributed by atoms with E-state index in [1.54, 1.807) is 26.0 Å². The van der Waals surface area contributed by atoms with Crippen LogP contribution in [0.2, 0.25) is 0 Å². The molecule has 0 spiro atoms. The predicted molar refractivity (Wildman–Crippen MR) is 118 cm³/mol. The second-order valence-corrected chi connectivity index (χ2v) is 8.32. The molecule has 2 aromatic rings. The van der Waals surface area contributed by atoms with Gasteiger partial charge in [0.15, 0.2) is 6.61 Å². The Bertz CT molecular complexity index is 950. The Kier molecular flexibility index (Phi) is 7.68. The van der Waals surface area contributed by atoms with E-state index < -0.39 is 17.8 Å². The summed E-state index contributed by atoms with van der Waals surface area (Å²) in [5.74, 6) is -1.25. The normalized spacial score (nSPS) is 15.0. The van der Waals surface area contributed by atoms with Crippen molar-refractivity contribution < 1.29 is 28.6 Å². The van der Waals surface area contributed by atoms with Crippen LogP contribution < -0.4 is 10.1 Å². The van der Waals surface area contributed by atoms with E-state index in [2.05, 4.69) is 5.32 Å². The number of fused-ring (bicyclic) bond motifs is 1.